The second-order valence-corrected chi connectivity index (χ2v) is 33.4. The normalized spacial score (nSPS) is 27.5. The van der Waals surface area contributed by atoms with Gasteiger partial charge in [0.1, 0.15) is 120 Å². The molecule has 668 valence electrons. The van der Waals surface area contributed by atoms with E-state index in [-0.39, 0.29) is 22.8 Å². The van der Waals surface area contributed by atoms with E-state index in [4.69, 9.17) is 107 Å². The largest absolute Gasteiger partial charge is 0.469 e. The summed E-state index contributed by atoms with van der Waals surface area (Å²) in [6, 6.07) is 4.76. The van der Waals surface area contributed by atoms with Crippen LogP contribution in [0.4, 0.5) is 23.1 Å². The van der Waals surface area contributed by atoms with Crippen LogP contribution in [0.2, 0.25) is 10.2 Å². The fraction of sp³-hybridized carbons (Fsp3) is 0.509. The quantitative estimate of drug-likeness (QED) is 0.00730. The predicted molar refractivity (Wildman–Crippen MR) is 403 cm³/mol. The van der Waals surface area contributed by atoms with Crippen molar-refractivity contribution in [3.05, 3.63) is 94.9 Å². The number of imidazole rings is 5. The van der Waals surface area contributed by atoms with Crippen LogP contribution in [0, 0.1) is 6.92 Å². The Morgan fingerprint density at radius 3 is 1.22 bits per heavy atom. The third-order valence-corrected chi connectivity index (χ3v) is 21.5. The summed E-state index contributed by atoms with van der Waals surface area (Å²) in [6.45, 7) is -1.32. The molecule has 65 heteroatoms. The van der Waals surface area contributed by atoms with Gasteiger partial charge in [-0.25, -0.2) is 77.2 Å². The first-order chi connectivity index (χ1) is 57.2. The molecule has 5 saturated heterocycles. The van der Waals surface area contributed by atoms with E-state index in [9.17, 15) is 73.9 Å². The highest BCUT2D eigenvalue weighted by Gasteiger charge is 2.51. The van der Waals surface area contributed by atoms with Crippen molar-refractivity contribution >= 4 is 141 Å². The van der Waals surface area contributed by atoms with E-state index in [1.165, 1.54) is 68.4 Å². The number of pyridine rings is 3. The number of hydrogen-bond donors (Lipinski definition) is 23. The number of fused-ring (bicyclic) bond motifs is 5. The SMILES string of the molecule is CNc1ccnc2c1ncn2[C@@H]1O[C@H](COP(=O)(O)O)[C@@H](O)[C@H]1O.CNc1nc(C)nc2c1ncn2[C@@H]1O[C@H](COP(=O)(O)O)[C@@H](O)[C@H]1O.C[n+]1cnc2c(ncn2[C@@H]2O[C@H](COP(=O)(O)O)[C@@H](O)[C@H]2O)c1Cl.O=P(O)(O)OC[C@H]1O[C@@H](n2cnc3c(Cl)ccnc32)[C@H](O)[C@@H]1O.[N-]=[N+]=Nc1nc2c(N)ccnc2n1[C@@H]1O[C@H](COP(=O)(O)O)[C@@H](O)[C@H]1O. The molecule has 0 aliphatic carbocycles. The average molecular weight is 1870 g/mol. The number of rotatable bonds is 23. The van der Waals surface area contributed by atoms with Crippen LogP contribution in [-0.4, -0.2) is 316 Å². The number of nitrogens with two attached hydrogens (primary N) is 1. The lowest BCUT2D eigenvalue weighted by atomic mass is 10.1. The van der Waals surface area contributed by atoms with Crippen molar-refractivity contribution < 1.29 is 174 Å². The smallest absolute Gasteiger partial charge is 0.397 e. The molecule has 0 radical (unpaired) electrons. The molecule has 24 N–H and O–H groups in total. The number of halogens is 2. The van der Waals surface area contributed by atoms with Gasteiger partial charge in [-0.15, -0.1) is 0 Å². The Hall–Kier alpha value is -7.80. The van der Waals surface area contributed by atoms with Gasteiger partial charge in [-0.05, 0) is 52.4 Å². The van der Waals surface area contributed by atoms with Gasteiger partial charge in [0.25, 0.3) is 12.0 Å². The number of phosphoric ester groups is 5. The topological polar surface area (TPSA) is 851 Å². The minimum atomic E-state index is -4.80. The minimum absolute atomic E-state index is 0.125. The number of nitrogens with one attached hydrogen (secondary N) is 2. The molecule has 5 aliphatic heterocycles. The summed E-state index contributed by atoms with van der Waals surface area (Å²) in [5.74, 6) is 0.740. The first kappa shape index (κ1) is 94.9. The van der Waals surface area contributed by atoms with Gasteiger partial charge >= 0.3 is 39.1 Å². The van der Waals surface area contributed by atoms with E-state index in [1.54, 1.807) is 51.0 Å². The lowest BCUT2D eigenvalue weighted by Crippen LogP contribution is -2.33. The molecule has 15 heterocycles. The maximum absolute atomic E-state index is 10.8. The van der Waals surface area contributed by atoms with Gasteiger partial charge in [0.2, 0.25) is 11.1 Å². The van der Waals surface area contributed by atoms with Crippen LogP contribution in [0.3, 0.4) is 0 Å². The summed E-state index contributed by atoms with van der Waals surface area (Å²) in [6.07, 6.45) is -14.1. The van der Waals surface area contributed by atoms with E-state index in [1.807, 2.05) is 0 Å². The van der Waals surface area contributed by atoms with Crippen LogP contribution in [0.1, 0.15) is 37.0 Å². The third-order valence-electron chi connectivity index (χ3n) is 18.3. The van der Waals surface area contributed by atoms with Crippen LogP contribution in [0.15, 0.2) is 73.5 Å². The van der Waals surface area contributed by atoms with E-state index >= 15 is 0 Å². The van der Waals surface area contributed by atoms with Crippen molar-refractivity contribution in [1.82, 2.24) is 77.7 Å². The maximum atomic E-state index is 10.8. The van der Waals surface area contributed by atoms with Crippen molar-refractivity contribution in [3.8, 4) is 0 Å². The molecule has 20 atom stereocenters. The van der Waals surface area contributed by atoms with Gasteiger partial charge < -0.3 is 140 Å². The molecular formula is C57H77Cl2N23O35P5+. The molecule has 0 bridgehead atoms. The minimum Gasteiger partial charge on any atom is -0.397 e. The highest BCUT2D eigenvalue weighted by molar-refractivity contribution is 7.47. The Labute approximate surface area is 690 Å². The van der Waals surface area contributed by atoms with Crippen LogP contribution in [0.5, 0.6) is 0 Å². The summed E-state index contributed by atoms with van der Waals surface area (Å²) < 4.78 is 111. The highest BCUT2D eigenvalue weighted by atomic mass is 35.5. The predicted octanol–water partition coefficient (Wildman–Crippen LogP) is -3.76. The van der Waals surface area contributed by atoms with Gasteiger partial charge in [0, 0.05) is 37.6 Å². The number of ether oxygens (including phenoxy) is 5. The monoisotopic (exact) mass is 1870 g/mol. The van der Waals surface area contributed by atoms with Crippen LogP contribution >= 0.6 is 62.3 Å². The summed E-state index contributed by atoms with van der Waals surface area (Å²) in [4.78, 5) is 136. The Balaban J connectivity index is 0.000000149. The van der Waals surface area contributed by atoms with Gasteiger partial charge in [0.05, 0.1) is 75.5 Å². The van der Waals surface area contributed by atoms with Crippen molar-refractivity contribution in [2.24, 2.45) is 12.2 Å². The molecule has 5 fully saturated rings. The van der Waals surface area contributed by atoms with Crippen molar-refractivity contribution in [3.63, 3.8) is 0 Å². The Kier molecular flexibility index (Phi) is 30.0. The summed E-state index contributed by atoms with van der Waals surface area (Å²) >= 11 is 12.1. The lowest BCUT2D eigenvalue weighted by molar-refractivity contribution is -0.670. The molecule has 0 aromatic carbocycles. The van der Waals surface area contributed by atoms with E-state index in [0.29, 0.717) is 66.5 Å². The summed E-state index contributed by atoms with van der Waals surface area (Å²) in [5, 5.41) is 111. The van der Waals surface area contributed by atoms with Crippen LogP contribution in [-0.2, 0) is 76.2 Å². The van der Waals surface area contributed by atoms with Crippen LogP contribution in [0.25, 0.3) is 66.3 Å². The Morgan fingerprint density at radius 2 is 0.811 bits per heavy atom. The molecule has 0 unspecified atom stereocenters. The zero-order chi connectivity index (χ0) is 89.3. The fourth-order valence-corrected chi connectivity index (χ4v) is 14.7. The molecule has 10 aromatic rings. The molecule has 0 amide bonds. The van der Waals surface area contributed by atoms with Gasteiger partial charge in [-0.2, -0.15) is 0 Å². The molecule has 15 rings (SSSR count). The van der Waals surface area contributed by atoms with Crippen molar-refractivity contribution in [2.45, 2.75) is 130 Å². The molecule has 5 aliphatic rings. The first-order valence-corrected chi connectivity index (χ1v) is 43.1. The van der Waals surface area contributed by atoms with E-state index < -0.39 is 195 Å². The number of hydrogen-bond acceptors (Lipinski definition) is 40. The number of azide groups is 1. The van der Waals surface area contributed by atoms with Gasteiger partial charge in [-0.3, -0.25) is 45.5 Å². The third kappa shape index (κ3) is 21.8. The standard InChI is InChI=1S/C12H18N5O7P.C12H17N4O7P.C11H14ClN4O7P.C11H13ClN3O7P.C11H14N7O7P/c1-5-15-10(13-2)7-11(16-5)17(4-14-7)12-9(19)8(18)6(24-12)3-23-25(20,21)22;1-13-6-2-3-14-11-8(6)15-5-16(11)12-10(18)9(17)7(23-12)4-22-24(19,20)21;1-15-3-14-10-6(9(15)12)13-4-16(10)11-8(18)7(17)5(23-11)2-22-24(19,20)21;12-5-1-2-13-10-7(5)14-4-15(10)11-9(17)8(16)6(22-11)3-21-23(18,19)20;12-4-1-2-14-9-6(4)15-11(16-17-13)18(9)10-8(20)7(19)5(25-10)3-24-26(21,22)23/h4,6,8-9,12,18-19H,3H2,1-2H3,(H,13,15,16)(H2,20,21,22);2-3,5,7,9-10,12,17-18H,4H2,1H3,(H,13,14)(H2,19,20,21);3-5,7-8,11,17-18H,2H2,1H3,(H-,19,20,21);1-2,4,6,8-9,11,16-17H,3H2,(H2,18,19,20);1-2,5,7-8,10,19-20H,3H2,(H2,12,14)(H2,21,22,23)/p+1/t6-,8-,9-,12-;7-,9-,10-,12-;5-,7-,8-,11-;6-,8-,9-,11-;5-,7-,8-,10-/m11111/s1. The highest BCUT2D eigenvalue weighted by Crippen LogP contribution is 2.46. The molecule has 10 aromatic heterocycles. The Bertz CT molecular complexity index is 5680. The number of anilines is 3. The Morgan fingerprint density at radius 1 is 0.459 bits per heavy atom. The summed E-state index contributed by atoms with van der Waals surface area (Å²) in [5.41, 5.74) is 19.1. The average Bonchev–Trinajstić information content (AvgIpc) is 1.60. The summed E-state index contributed by atoms with van der Waals surface area (Å²) in [7, 11) is -18.6. The second-order valence-electron chi connectivity index (χ2n) is 26.4. The van der Waals surface area contributed by atoms with Crippen LogP contribution < -0.4 is 20.9 Å². The van der Waals surface area contributed by atoms with Gasteiger partial charge in [-0.1, -0.05) is 11.6 Å². The number of aliphatic hydroxyl groups excluding tert-OH is 10. The molecular weight excluding hydrogens is 1790 g/mol. The zero-order valence-corrected chi connectivity index (χ0v) is 68.5. The lowest BCUT2D eigenvalue weighted by Gasteiger charge is -2.18. The number of phosphoric acid groups is 5. The fourth-order valence-electron chi connectivity index (χ4n) is 12.6. The van der Waals surface area contributed by atoms with E-state index in [0.717, 1.165) is 10.3 Å². The maximum Gasteiger partial charge on any atom is 0.469 e. The molecule has 0 saturated carbocycles. The number of aryl methyl sites for hydroxylation is 2. The number of nitrogens with zero attached hydrogens (tertiary/aromatic N) is 20. The number of aromatic nitrogens is 17. The van der Waals surface area contributed by atoms with Crippen molar-refractivity contribution in [1.29, 1.82) is 0 Å². The second kappa shape index (κ2) is 38.6. The zero-order valence-electron chi connectivity index (χ0n) is 62.5. The molecule has 58 nitrogen and oxygen atoms in total. The van der Waals surface area contributed by atoms with E-state index in [2.05, 4.69) is 98.1 Å². The number of nitrogen functional groups attached to an aromatic ring is 1. The van der Waals surface area contributed by atoms with Crippen molar-refractivity contribution in [2.75, 3.05) is 63.5 Å². The number of aliphatic hydroxyl groups is 10. The first-order valence-electron chi connectivity index (χ1n) is 34.7. The van der Waals surface area contributed by atoms with Gasteiger partial charge in [0.15, 0.2) is 70.6 Å². The molecule has 0 spiro atoms. The molecule has 122 heavy (non-hydrogen) atoms.